The van der Waals surface area contributed by atoms with Crippen LogP contribution in [0.3, 0.4) is 0 Å². The Labute approximate surface area is 127 Å². The van der Waals surface area contributed by atoms with E-state index in [1.165, 1.54) is 16.7 Å². The molecule has 1 heterocycles. The molecule has 2 aromatic carbocycles. The Kier molecular flexibility index (Phi) is 4.69. The average molecular weight is 280 g/mol. The fourth-order valence-electron chi connectivity index (χ4n) is 3.36. The van der Waals surface area contributed by atoms with Gasteiger partial charge in [0.05, 0.1) is 0 Å². The maximum atomic E-state index is 5.75. The molecule has 0 radical (unpaired) electrons. The fourth-order valence-corrected chi connectivity index (χ4v) is 3.36. The normalized spacial score (nSPS) is 18.4. The van der Waals surface area contributed by atoms with E-state index in [9.17, 15) is 0 Å². The molecule has 1 aliphatic rings. The summed E-state index contributed by atoms with van der Waals surface area (Å²) in [5, 5.41) is 0. The van der Waals surface area contributed by atoms with Crippen LogP contribution in [0, 0.1) is 0 Å². The van der Waals surface area contributed by atoms with E-state index in [0.717, 1.165) is 38.9 Å². The third kappa shape index (κ3) is 3.34. The minimum absolute atomic E-state index is 0.513. The smallest absolute Gasteiger partial charge is 0.0354 e. The third-order valence-electron chi connectivity index (χ3n) is 4.43. The maximum absolute atomic E-state index is 5.75. The van der Waals surface area contributed by atoms with Crippen LogP contribution >= 0.6 is 0 Å². The van der Waals surface area contributed by atoms with E-state index in [4.69, 9.17) is 5.73 Å². The average Bonchev–Trinajstić information content (AvgIpc) is 2.55. The monoisotopic (exact) mass is 280 g/mol. The van der Waals surface area contributed by atoms with E-state index in [2.05, 4.69) is 59.5 Å². The van der Waals surface area contributed by atoms with Gasteiger partial charge < -0.3 is 5.73 Å². The molecular weight excluding hydrogens is 256 g/mol. The summed E-state index contributed by atoms with van der Waals surface area (Å²) in [6.45, 7) is 2.95. The first-order chi connectivity index (χ1) is 10.4. The lowest BCUT2D eigenvalue weighted by Gasteiger charge is -2.37. The van der Waals surface area contributed by atoms with Crippen LogP contribution in [0.4, 0.5) is 0 Å². The van der Waals surface area contributed by atoms with Crippen molar-refractivity contribution in [2.75, 3.05) is 13.1 Å². The molecule has 0 amide bonds. The highest BCUT2D eigenvalue weighted by molar-refractivity contribution is 5.33. The van der Waals surface area contributed by atoms with Gasteiger partial charge in [-0.05, 0) is 42.5 Å². The van der Waals surface area contributed by atoms with Crippen LogP contribution in [0.15, 0.2) is 54.6 Å². The van der Waals surface area contributed by atoms with Crippen LogP contribution in [0.1, 0.15) is 35.6 Å². The summed E-state index contributed by atoms with van der Waals surface area (Å²) in [6, 6.07) is 20.2. The van der Waals surface area contributed by atoms with Crippen LogP contribution in [0.25, 0.3) is 0 Å². The SMILES string of the molecule is NCCCC1c2ccccc2CCN1Cc1ccccc1. The molecule has 2 nitrogen and oxygen atoms in total. The second-order valence-electron chi connectivity index (χ2n) is 5.85. The molecule has 0 saturated heterocycles. The topological polar surface area (TPSA) is 29.3 Å². The van der Waals surface area contributed by atoms with Gasteiger partial charge >= 0.3 is 0 Å². The van der Waals surface area contributed by atoms with Gasteiger partial charge in [0.1, 0.15) is 0 Å². The van der Waals surface area contributed by atoms with Crippen LogP contribution in [0.5, 0.6) is 0 Å². The Balaban J connectivity index is 1.82. The summed E-state index contributed by atoms with van der Waals surface area (Å²) in [4.78, 5) is 2.62. The largest absolute Gasteiger partial charge is 0.330 e. The van der Waals surface area contributed by atoms with Gasteiger partial charge in [0.15, 0.2) is 0 Å². The first-order valence-corrected chi connectivity index (χ1v) is 7.94. The van der Waals surface area contributed by atoms with Crippen LogP contribution < -0.4 is 5.73 Å². The lowest BCUT2D eigenvalue weighted by Crippen LogP contribution is -2.35. The highest BCUT2D eigenvalue weighted by atomic mass is 15.2. The molecule has 1 aliphatic heterocycles. The van der Waals surface area contributed by atoms with Gasteiger partial charge in [-0.25, -0.2) is 0 Å². The lowest BCUT2D eigenvalue weighted by atomic mass is 9.89. The summed E-state index contributed by atoms with van der Waals surface area (Å²) < 4.78 is 0. The number of rotatable bonds is 5. The lowest BCUT2D eigenvalue weighted by molar-refractivity contribution is 0.165. The van der Waals surface area contributed by atoms with Crippen LogP contribution in [0.2, 0.25) is 0 Å². The van der Waals surface area contributed by atoms with E-state index >= 15 is 0 Å². The second kappa shape index (κ2) is 6.88. The summed E-state index contributed by atoms with van der Waals surface area (Å²) in [5.74, 6) is 0. The van der Waals surface area contributed by atoms with Gasteiger partial charge in [0, 0.05) is 19.1 Å². The molecule has 3 rings (SSSR count). The van der Waals surface area contributed by atoms with Crippen molar-refractivity contribution in [3.05, 3.63) is 71.3 Å². The molecule has 2 aromatic rings. The molecule has 2 N–H and O–H groups in total. The van der Waals surface area contributed by atoms with Crippen molar-refractivity contribution in [3.63, 3.8) is 0 Å². The zero-order valence-electron chi connectivity index (χ0n) is 12.5. The molecule has 1 atom stereocenters. The highest BCUT2D eigenvalue weighted by Crippen LogP contribution is 2.33. The second-order valence-corrected chi connectivity index (χ2v) is 5.85. The first kappa shape index (κ1) is 14.3. The molecule has 0 spiro atoms. The number of hydrogen-bond donors (Lipinski definition) is 1. The predicted octanol–water partition coefficient (Wildman–Crippen LogP) is 3.52. The maximum Gasteiger partial charge on any atom is 0.0354 e. The van der Waals surface area contributed by atoms with Gasteiger partial charge in [-0.1, -0.05) is 54.6 Å². The standard InChI is InChI=1S/C19H24N2/c20-13-6-11-19-18-10-5-4-9-17(18)12-14-21(19)15-16-7-2-1-3-8-16/h1-5,7-10,19H,6,11-15,20H2. The zero-order chi connectivity index (χ0) is 14.5. The predicted molar refractivity (Wildman–Crippen MR) is 88.0 cm³/mol. The third-order valence-corrected chi connectivity index (χ3v) is 4.43. The highest BCUT2D eigenvalue weighted by Gasteiger charge is 2.26. The molecule has 2 heteroatoms. The van der Waals surface area contributed by atoms with Crippen molar-refractivity contribution in [2.45, 2.75) is 31.8 Å². The summed E-state index contributed by atoms with van der Waals surface area (Å²) in [6.07, 6.45) is 3.40. The van der Waals surface area contributed by atoms with Crippen molar-refractivity contribution >= 4 is 0 Å². The van der Waals surface area contributed by atoms with Gasteiger partial charge in [0.25, 0.3) is 0 Å². The fraction of sp³-hybridized carbons (Fsp3) is 0.368. The van der Waals surface area contributed by atoms with E-state index in [1.807, 2.05) is 0 Å². The van der Waals surface area contributed by atoms with Gasteiger partial charge in [-0.15, -0.1) is 0 Å². The first-order valence-electron chi connectivity index (χ1n) is 7.94. The summed E-state index contributed by atoms with van der Waals surface area (Å²) in [5.41, 5.74) is 10.2. The van der Waals surface area contributed by atoms with Gasteiger partial charge in [-0.3, -0.25) is 4.90 Å². The number of nitrogens with two attached hydrogens (primary N) is 1. The minimum atomic E-state index is 0.513. The van der Waals surface area contributed by atoms with E-state index < -0.39 is 0 Å². The van der Waals surface area contributed by atoms with Crippen molar-refractivity contribution in [2.24, 2.45) is 5.73 Å². The molecule has 1 unspecified atom stereocenters. The Hall–Kier alpha value is -1.64. The summed E-state index contributed by atoms with van der Waals surface area (Å²) in [7, 11) is 0. The minimum Gasteiger partial charge on any atom is -0.330 e. The zero-order valence-corrected chi connectivity index (χ0v) is 12.5. The molecular formula is C19H24N2. The van der Waals surface area contributed by atoms with Crippen LogP contribution in [-0.2, 0) is 13.0 Å². The van der Waals surface area contributed by atoms with E-state index in [0.29, 0.717) is 6.04 Å². The Bertz CT molecular complexity index is 565. The van der Waals surface area contributed by atoms with Crippen molar-refractivity contribution in [3.8, 4) is 0 Å². The Morgan fingerprint density at radius 2 is 1.76 bits per heavy atom. The molecule has 0 bridgehead atoms. The number of benzene rings is 2. The number of hydrogen-bond acceptors (Lipinski definition) is 2. The van der Waals surface area contributed by atoms with Crippen LogP contribution in [-0.4, -0.2) is 18.0 Å². The number of nitrogens with zero attached hydrogens (tertiary/aromatic N) is 1. The van der Waals surface area contributed by atoms with E-state index in [-0.39, 0.29) is 0 Å². The number of fused-ring (bicyclic) bond motifs is 1. The van der Waals surface area contributed by atoms with Crippen molar-refractivity contribution in [1.29, 1.82) is 0 Å². The Morgan fingerprint density at radius 3 is 2.57 bits per heavy atom. The van der Waals surface area contributed by atoms with Gasteiger partial charge in [0.2, 0.25) is 0 Å². The van der Waals surface area contributed by atoms with Crippen molar-refractivity contribution < 1.29 is 0 Å². The molecule has 0 aliphatic carbocycles. The van der Waals surface area contributed by atoms with Crippen molar-refractivity contribution in [1.82, 2.24) is 4.90 Å². The molecule has 0 saturated carbocycles. The molecule has 110 valence electrons. The van der Waals surface area contributed by atoms with Gasteiger partial charge in [-0.2, -0.15) is 0 Å². The molecule has 0 aromatic heterocycles. The molecule has 21 heavy (non-hydrogen) atoms. The quantitative estimate of drug-likeness (QED) is 0.908. The Morgan fingerprint density at radius 1 is 1.00 bits per heavy atom. The summed E-state index contributed by atoms with van der Waals surface area (Å²) >= 11 is 0. The van der Waals surface area contributed by atoms with E-state index in [1.54, 1.807) is 0 Å². The molecule has 0 fully saturated rings.